The monoisotopic (exact) mass is 248 g/mol. The van der Waals surface area contributed by atoms with Gasteiger partial charge in [0.15, 0.2) is 0 Å². The van der Waals surface area contributed by atoms with E-state index >= 15 is 0 Å². The molecule has 0 bridgehead atoms. The molecule has 1 aromatic rings. The van der Waals surface area contributed by atoms with Gasteiger partial charge in [0.05, 0.1) is 0 Å². The molecule has 0 fully saturated rings. The van der Waals surface area contributed by atoms with Crippen LogP contribution in [0.15, 0.2) is 12.1 Å². The molecular formula is C15H24N2O. The van der Waals surface area contributed by atoms with E-state index in [-0.39, 0.29) is 5.91 Å². The number of rotatable bonds is 4. The SMILES string of the molecule is CCC(C)CN(C)C(=O)c1cc(N)c(C)cc1C. The van der Waals surface area contributed by atoms with Gasteiger partial charge in [-0.1, -0.05) is 26.3 Å². The van der Waals surface area contributed by atoms with Crippen LogP contribution in [-0.4, -0.2) is 24.4 Å². The molecule has 0 aliphatic rings. The number of nitrogen functional groups attached to an aromatic ring is 1. The van der Waals surface area contributed by atoms with Gasteiger partial charge in [0, 0.05) is 24.8 Å². The first-order valence-corrected chi connectivity index (χ1v) is 6.49. The Labute approximate surface area is 110 Å². The van der Waals surface area contributed by atoms with Crippen LogP contribution in [0, 0.1) is 19.8 Å². The third-order valence-corrected chi connectivity index (χ3v) is 3.47. The topological polar surface area (TPSA) is 46.3 Å². The second-order valence-corrected chi connectivity index (χ2v) is 5.22. The summed E-state index contributed by atoms with van der Waals surface area (Å²) in [5, 5.41) is 0. The Bertz CT molecular complexity index is 440. The summed E-state index contributed by atoms with van der Waals surface area (Å²) in [6, 6.07) is 3.76. The molecule has 0 aliphatic carbocycles. The molecule has 0 saturated heterocycles. The Hall–Kier alpha value is -1.51. The maximum Gasteiger partial charge on any atom is 0.253 e. The highest BCUT2D eigenvalue weighted by atomic mass is 16.2. The van der Waals surface area contributed by atoms with Gasteiger partial charge in [0.2, 0.25) is 0 Å². The van der Waals surface area contributed by atoms with Crippen molar-refractivity contribution in [1.82, 2.24) is 4.90 Å². The van der Waals surface area contributed by atoms with Crippen LogP contribution < -0.4 is 5.73 Å². The first-order valence-electron chi connectivity index (χ1n) is 6.49. The lowest BCUT2D eigenvalue weighted by molar-refractivity contribution is 0.0774. The maximum absolute atomic E-state index is 12.4. The number of benzene rings is 1. The van der Waals surface area contributed by atoms with Crippen molar-refractivity contribution in [1.29, 1.82) is 0 Å². The van der Waals surface area contributed by atoms with E-state index in [1.54, 1.807) is 11.0 Å². The van der Waals surface area contributed by atoms with E-state index in [1.807, 2.05) is 27.0 Å². The van der Waals surface area contributed by atoms with Crippen molar-refractivity contribution in [3.05, 3.63) is 28.8 Å². The van der Waals surface area contributed by atoms with Gasteiger partial charge in [-0.15, -0.1) is 0 Å². The number of amides is 1. The van der Waals surface area contributed by atoms with Crippen molar-refractivity contribution in [3.63, 3.8) is 0 Å². The Kier molecular flexibility index (Phi) is 4.76. The molecule has 2 N–H and O–H groups in total. The second kappa shape index (κ2) is 5.89. The molecule has 1 unspecified atom stereocenters. The molecule has 0 aliphatic heterocycles. The van der Waals surface area contributed by atoms with Gasteiger partial charge in [-0.25, -0.2) is 0 Å². The first-order chi connectivity index (χ1) is 8.36. The number of carbonyl (C=O) groups is 1. The van der Waals surface area contributed by atoms with E-state index in [9.17, 15) is 4.79 Å². The van der Waals surface area contributed by atoms with Crippen molar-refractivity contribution >= 4 is 11.6 Å². The summed E-state index contributed by atoms with van der Waals surface area (Å²) in [4.78, 5) is 14.1. The quantitative estimate of drug-likeness (QED) is 0.833. The third-order valence-electron chi connectivity index (χ3n) is 3.47. The van der Waals surface area contributed by atoms with Crippen LogP contribution in [0.4, 0.5) is 5.69 Å². The second-order valence-electron chi connectivity index (χ2n) is 5.22. The zero-order valence-corrected chi connectivity index (χ0v) is 12.1. The Morgan fingerprint density at radius 3 is 2.50 bits per heavy atom. The number of nitrogens with zero attached hydrogens (tertiary/aromatic N) is 1. The minimum absolute atomic E-state index is 0.0551. The van der Waals surface area contributed by atoms with E-state index in [4.69, 9.17) is 5.73 Å². The standard InChI is InChI=1S/C15H24N2O/c1-6-10(2)9-17(5)15(18)13-8-14(16)12(4)7-11(13)3/h7-8,10H,6,9,16H2,1-5H3. The van der Waals surface area contributed by atoms with Crippen molar-refractivity contribution < 1.29 is 4.79 Å². The van der Waals surface area contributed by atoms with Crippen LogP contribution in [0.1, 0.15) is 41.8 Å². The Morgan fingerprint density at radius 2 is 1.94 bits per heavy atom. The fraction of sp³-hybridized carbons (Fsp3) is 0.533. The lowest BCUT2D eigenvalue weighted by atomic mass is 10.0. The van der Waals surface area contributed by atoms with Crippen LogP contribution in [0.25, 0.3) is 0 Å². The zero-order chi connectivity index (χ0) is 13.9. The number of nitrogens with two attached hydrogens (primary N) is 1. The molecule has 0 spiro atoms. The van der Waals surface area contributed by atoms with Gasteiger partial charge < -0.3 is 10.6 Å². The Balaban J connectivity index is 2.93. The molecule has 1 rings (SSSR count). The van der Waals surface area contributed by atoms with Crippen LogP contribution in [0.2, 0.25) is 0 Å². The summed E-state index contributed by atoms with van der Waals surface area (Å²) in [6.07, 6.45) is 1.08. The fourth-order valence-electron chi connectivity index (χ4n) is 1.98. The van der Waals surface area contributed by atoms with E-state index in [0.717, 1.165) is 24.1 Å². The van der Waals surface area contributed by atoms with Crippen LogP contribution >= 0.6 is 0 Å². The van der Waals surface area contributed by atoms with Gasteiger partial charge in [0.25, 0.3) is 5.91 Å². The molecular weight excluding hydrogens is 224 g/mol. The average molecular weight is 248 g/mol. The molecule has 1 amide bonds. The predicted octanol–water partition coefficient (Wildman–Crippen LogP) is 3.00. The van der Waals surface area contributed by atoms with Gasteiger partial charge >= 0.3 is 0 Å². The first kappa shape index (κ1) is 14.6. The highest BCUT2D eigenvalue weighted by molar-refractivity contribution is 5.96. The van der Waals surface area contributed by atoms with E-state index in [0.29, 0.717) is 17.2 Å². The third kappa shape index (κ3) is 3.25. The molecule has 18 heavy (non-hydrogen) atoms. The highest BCUT2D eigenvalue weighted by Gasteiger charge is 2.16. The summed E-state index contributed by atoms with van der Waals surface area (Å²) in [6.45, 7) is 8.98. The Morgan fingerprint density at radius 1 is 1.33 bits per heavy atom. The summed E-state index contributed by atoms with van der Waals surface area (Å²) in [7, 11) is 1.85. The summed E-state index contributed by atoms with van der Waals surface area (Å²) in [5.74, 6) is 0.571. The maximum atomic E-state index is 12.4. The van der Waals surface area contributed by atoms with Gasteiger partial charge in [-0.3, -0.25) is 4.79 Å². The largest absolute Gasteiger partial charge is 0.398 e. The van der Waals surface area contributed by atoms with Gasteiger partial charge in [-0.2, -0.15) is 0 Å². The smallest absolute Gasteiger partial charge is 0.253 e. The average Bonchev–Trinajstić information content (AvgIpc) is 2.32. The zero-order valence-electron chi connectivity index (χ0n) is 12.1. The molecule has 100 valence electrons. The van der Waals surface area contributed by atoms with E-state index in [1.165, 1.54) is 0 Å². The van der Waals surface area contributed by atoms with Crippen molar-refractivity contribution in [2.45, 2.75) is 34.1 Å². The molecule has 0 aromatic heterocycles. The van der Waals surface area contributed by atoms with Crippen LogP contribution in [0.5, 0.6) is 0 Å². The van der Waals surface area contributed by atoms with Gasteiger partial charge in [0.1, 0.15) is 0 Å². The molecule has 0 radical (unpaired) electrons. The summed E-state index contributed by atoms with van der Waals surface area (Å²) in [5.41, 5.74) is 9.29. The van der Waals surface area contributed by atoms with Crippen molar-refractivity contribution in [2.75, 3.05) is 19.3 Å². The molecule has 1 atom stereocenters. The van der Waals surface area contributed by atoms with Crippen molar-refractivity contribution in [3.8, 4) is 0 Å². The normalized spacial score (nSPS) is 12.3. The molecule has 1 aromatic carbocycles. The van der Waals surface area contributed by atoms with Crippen molar-refractivity contribution in [2.24, 2.45) is 5.92 Å². The van der Waals surface area contributed by atoms with Gasteiger partial charge in [-0.05, 0) is 37.0 Å². The number of hydrogen-bond acceptors (Lipinski definition) is 2. The molecule has 0 heterocycles. The molecule has 3 heteroatoms. The summed E-state index contributed by atoms with van der Waals surface area (Å²) < 4.78 is 0. The summed E-state index contributed by atoms with van der Waals surface area (Å²) >= 11 is 0. The lowest BCUT2D eigenvalue weighted by Gasteiger charge is -2.22. The highest BCUT2D eigenvalue weighted by Crippen LogP contribution is 2.19. The molecule has 3 nitrogen and oxygen atoms in total. The van der Waals surface area contributed by atoms with Crippen LogP contribution in [0.3, 0.4) is 0 Å². The predicted molar refractivity (Wildman–Crippen MR) is 76.7 cm³/mol. The minimum atomic E-state index is 0.0551. The number of aryl methyl sites for hydroxylation is 2. The number of hydrogen-bond donors (Lipinski definition) is 1. The fourth-order valence-corrected chi connectivity index (χ4v) is 1.98. The number of carbonyl (C=O) groups excluding carboxylic acids is 1. The number of anilines is 1. The van der Waals surface area contributed by atoms with E-state index < -0.39 is 0 Å². The van der Waals surface area contributed by atoms with E-state index in [2.05, 4.69) is 13.8 Å². The van der Waals surface area contributed by atoms with Crippen LogP contribution in [-0.2, 0) is 0 Å². The minimum Gasteiger partial charge on any atom is -0.398 e. The lowest BCUT2D eigenvalue weighted by Crippen LogP contribution is -2.31. The molecule has 0 saturated carbocycles.